The molecule has 0 spiro atoms. The van der Waals surface area contributed by atoms with Crippen molar-refractivity contribution in [3.05, 3.63) is 5.69 Å². The second-order valence-electron chi connectivity index (χ2n) is 5.84. The fourth-order valence-corrected chi connectivity index (χ4v) is 4.34. The summed E-state index contributed by atoms with van der Waals surface area (Å²) in [6, 6.07) is 0.614. The molecule has 0 aromatic carbocycles. The van der Waals surface area contributed by atoms with E-state index < -0.39 is 0 Å². The van der Waals surface area contributed by atoms with Crippen LogP contribution in [-0.4, -0.2) is 41.1 Å². The molecule has 0 radical (unpaired) electrons. The van der Waals surface area contributed by atoms with Crippen LogP contribution >= 0.6 is 11.3 Å². The Labute approximate surface area is 129 Å². The molecule has 6 heteroatoms. The molecule has 1 fully saturated rings. The van der Waals surface area contributed by atoms with E-state index in [1.165, 1.54) is 35.5 Å². The average Bonchev–Trinajstić information content (AvgIpc) is 3.02. The Bertz CT molecular complexity index is 572. The summed E-state index contributed by atoms with van der Waals surface area (Å²) >= 11 is 1.79. The summed E-state index contributed by atoms with van der Waals surface area (Å²) in [6.45, 7) is 4.05. The molecule has 1 aliphatic rings. The fraction of sp³-hybridized carbons (Fsp3) is 0.733. The Morgan fingerprint density at radius 2 is 2.24 bits per heavy atom. The number of thiazole rings is 1. The number of piperidine rings is 1. The van der Waals surface area contributed by atoms with Crippen molar-refractivity contribution in [3.63, 3.8) is 0 Å². The van der Waals surface area contributed by atoms with Gasteiger partial charge in [0.1, 0.15) is 0 Å². The topological polar surface area (TPSA) is 43.2 Å². The lowest BCUT2D eigenvalue weighted by Crippen LogP contribution is -2.39. The molecule has 1 aliphatic heterocycles. The molecule has 116 valence electrons. The minimum atomic E-state index is 0.614. The van der Waals surface area contributed by atoms with Crippen molar-refractivity contribution in [1.29, 1.82) is 0 Å². The quantitative estimate of drug-likeness (QED) is 0.796. The highest BCUT2D eigenvalue weighted by atomic mass is 32.1. The summed E-state index contributed by atoms with van der Waals surface area (Å²) in [4.78, 5) is 7.37. The van der Waals surface area contributed by atoms with Gasteiger partial charge in [-0.3, -0.25) is 0 Å². The zero-order valence-electron chi connectivity index (χ0n) is 13.1. The molecule has 0 amide bonds. The van der Waals surface area contributed by atoms with Crippen LogP contribution in [0.2, 0.25) is 0 Å². The van der Waals surface area contributed by atoms with Gasteiger partial charge >= 0.3 is 0 Å². The molecule has 1 saturated heterocycles. The summed E-state index contributed by atoms with van der Waals surface area (Å²) in [7, 11) is 3.76. The maximum Gasteiger partial charge on any atom is 0.188 e. The van der Waals surface area contributed by atoms with Crippen molar-refractivity contribution in [2.24, 2.45) is 7.05 Å². The number of aromatic nitrogens is 3. The van der Waals surface area contributed by atoms with Crippen molar-refractivity contribution in [2.45, 2.75) is 45.1 Å². The third-order valence-electron chi connectivity index (χ3n) is 4.29. The Hall–Kier alpha value is -1.14. The lowest BCUT2D eigenvalue weighted by Gasteiger charge is -2.35. The number of nitrogens with zero attached hydrogens (tertiary/aromatic N) is 4. The first-order valence-corrected chi connectivity index (χ1v) is 8.58. The van der Waals surface area contributed by atoms with Gasteiger partial charge in [-0.25, -0.2) is 9.67 Å². The second-order valence-corrected chi connectivity index (χ2v) is 6.81. The van der Waals surface area contributed by atoms with E-state index >= 15 is 0 Å². The van der Waals surface area contributed by atoms with E-state index in [0.717, 1.165) is 30.9 Å². The second kappa shape index (κ2) is 6.32. The van der Waals surface area contributed by atoms with E-state index in [1.807, 2.05) is 11.7 Å². The van der Waals surface area contributed by atoms with Crippen molar-refractivity contribution in [2.75, 3.05) is 25.2 Å². The highest BCUT2D eigenvalue weighted by molar-refractivity contribution is 7.22. The summed E-state index contributed by atoms with van der Waals surface area (Å²) in [5.41, 5.74) is 2.11. The highest BCUT2D eigenvalue weighted by Gasteiger charge is 2.25. The molecule has 0 bridgehead atoms. The Balaban J connectivity index is 1.82. The van der Waals surface area contributed by atoms with Crippen LogP contribution in [-0.2, 0) is 11.8 Å². The summed E-state index contributed by atoms with van der Waals surface area (Å²) in [5, 5.41) is 5.62. The lowest BCUT2D eigenvalue weighted by atomic mass is 9.99. The van der Waals surface area contributed by atoms with Crippen LogP contribution in [0.1, 0.15) is 37.8 Å². The maximum absolute atomic E-state index is 5.20. The predicted molar refractivity (Wildman–Crippen MR) is 87.2 cm³/mol. The SMILES string of the molecule is COCCC[C@H]1CCCCN1c1nc2c(s1)c(C)nn2C. The van der Waals surface area contributed by atoms with Gasteiger partial charge in [0.2, 0.25) is 0 Å². The number of methoxy groups -OCH3 is 1. The van der Waals surface area contributed by atoms with E-state index in [0.29, 0.717) is 6.04 Å². The van der Waals surface area contributed by atoms with Crippen LogP contribution in [0.5, 0.6) is 0 Å². The van der Waals surface area contributed by atoms with Gasteiger partial charge in [-0.2, -0.15) is 5.10 Å². The van der Waals surface area contributed by atoms with Gasteiger partial charge in [0.25, 0.3) is 0 Å². The van der Waals surface area contributed by atoms with E-state index in [9.17, 15) is 0 Å². The Morgan fingerprint density at radius 3 is 3.00 bits per heavy atom. The van der Waals surface area contributed by atoms with Gasteiger partial charge < -0.3 is 9.64 Å². The van der Waals surface area contributed by atoms with Crippen LogP contribution in [0.15, 0.2) is 0 Å². The van der Waals surface area contributed by atoms with Gasteiger partial charge in [-0.1, -0.05) is 11.3 Å². The number of hydrogen-bond donors (Lipinski definition) is 0. The zero-order chi connectivity index (χ0) is 14.8. The molecule has 1 atom stereocenters. The van der Waals surface area contributed by atoms with Crippen LogP contribution in [0.25, 0.3) is 10.3 Å². The van der Waals surface area contributed by atoms with Gasteiger partial charge in [0.05, 0.1) is 10.4 Å². The van der Waals surface area contributed by atoms with Crippen LogP contribution in [0.4, 0.5) is 5.13 Å². The van der Waals surface area contributed by atoms with Crippen molar-refractivity contribution >= 4 is 26.8 Å². The molecule has 0 N–H and O–H groups in total. The number of anilines is 1. The van der Waals surface area contributed by atoms with Crippen LogP contribution in [0.3, 0.4) is 0 Å². The minimum absolute atomic E-state index is 0.614. The largest absolute Gasteiger partial charge is 0.385 e. The third-order valence-corrected chi connectivity index (χ3v) is 5.48. The maximum atomic E-state index is 5.20. The molecule has 0 aliphatic carbocycles. The van der Waals surface area contributed by atoms with E-state index in [4.69, 9.17) is 9.72 Å². The summed E-state index contributed by atoms with van der Waals surface area (Å²) in [5.74, 6) is 0. The standard InChI is InChI=1S/C15H24N4OS/c1-11-13-14(18(2)17-11)16-15(21-13)19-9-5-4-7-12(19)8-6-10-20-3/h12H,4-10H2,1-3H3/t12-/m1/s1. The van der Waals surface area contributed by atoms with Crippen molar-refractivity contribution in [1.82, 2.24) is 14.8 Å². The average molecular weight is 308 g/mol. The number of fused-ring (bicyclic) bond motifs is 1. The molecular formula is C15H24N4OS. The monoisotopic (exact) mass is 308 g/mol. The minimum Gasteiger partial charge on any atom is -0.385 e. The normalized spacial score (nSPS) is 19.6. The van der Waals surface area contributed by atoms with Gasteiger partial charge in [0, 0.05) is 33.4 Å². The molecule has 0 saturated carbocycles. The molecule has 3 rings (SSSR count). The van der Waals surface area contributed by atoms with Gasteiger partial charge in [-0.05, 0) is 39.0 Å². The molecule has 5 nitrogen and oxygen atoms in total. The van der Waals surface area contributed by atoms with Crippen LogP contribution < -0.4 is 4.90 Å². The first kappa shape index (κ1) is 14.8. The van der Waals surface area contributed by atoms with E-state index in [-0.39, 0.29) is 0 Å². The van der Waals surface area contributed by atoms with Gasteiger partial charge in [0.15, 0.2) is 10.8 Å². The predicted octanol–water partition coefficient (Wildman–Crippen LogP) is 3.12. The summed E-state index contributed by atoms with van der Waals surface area (Å²) < 4.78 is 8.33. The molecule has 2 aromatic rings. The zero-order valence-corrected chi connectivity index (χ0v) is 13.9. The molecule has 3 heterocycles. The number of ether oxygens (including phenoxy) is 1. The lowest BCUT2D eigenvalue weighted by molar-refractivity contribution is 0.188. The fourth-order valence-electron chi connectivity index (χ4n) is 3.21. The number of rotatable bonds is 5. The molecule has 21 heavy (non-hydrogen) atoms. The smallest absolute Gasteiger partial charge is 0.188 e. The van der Waals surface area contributed by atoms with Gasteiger partial charge in [-0.15, -0.1) is 0 Å². The highest BCUT2D eigenvalue weighted by Crippen LogP contribution is 2.35. The molecule has 0 unspecified atom stereocenters. The van der Waals surface area contributed by atoms with Crippen molar-refractivity contribution < 1.29 is 4.74 Å². The molecular weight excluding hydrogens is 284 g/mol. The molecule has 2 aromatic heterocycles. The van der Waals surface area contributed by atoms with Crippen molar-refractivity contribution in [3.8, 4) is 0 Å². The van der Waals surface area contributed by atoms with E-state index in [1.54, 1.807) is 18.4 Å². The number of aryl methyl sites for hydroxylation is 2. The van der Waals surface area contributed by atoms with E-state index in [2.05, 4.69) is 16.9 Å². The third kappa shape index (κ3) is 2.92. The number of hydrogen-bond acceptors (Lipinski definition) is 5. The summed E-state index contributed by atoms with van der Waals surface area (Å²) in [6.07, 6.45) is 6.20. The first-order chi connectivity index (χ1) is 10.2. The Kier molecular flexibility index (Phi) is 4.45. The first-order valence-electron chi connectivity index (χ1n) is 7.76. The Morgan fingerprint density at radius 1 is 1.38 bits per heavy atom. The van der Waals surface area contributed by atoms with Crippen LogP contribution in [0, 0.1) is 6.92 Å².